The van der Waals surface area contributed by atoms with Gasteiger partial charge in [-0.15, -0.1) is 0 Å². The number of para-hydroxylation sites is 1. The fourth-order valence-corrected chi connectivity index (χ4v) is 2.21. The summed E-state index contributed by atoms with van der Waals surface area (Å²) in [6, 6.07) is 7.44. The highest BCUT2D eigenvalue weighted by atomic mass is 16.4. The molecular formula is C16H20N2O3. The van der Waals surface area contributed by atoms with E-state index in [0.29, 0.717) is 18.7 Å². The Morgan fingerprint density at radius 1 is 1.33 bits per heavy atom. The third-order valence-electron chi connectivity index (χ3n) is 3.54. The Kier molecular flexibility index (Phi) is 4.43. The molecule has 0 spiro atoms. The van der Waals surface area contributed by atoms with Crippen molar-refractivity contribution in [2.75, 3.05) is 18.5 Å². The molecule has 0 radical (unpaired) electrons. The summed E-state index contributed by atoms with van der Waals surface area (Å²) in [5.41, 5.74) is 1.37. The topological polar surface area (TPSA) is 82.5 Å². The second-order valence-corrected chi connectivity index (χ2v) is 5.86. The minimum Gasteiger partial charge on any atom is -0.478 e. The number of hydrogen-bond donors (Lipinski definition) is 3. The van der Waals surface area contributed by atoms with E-state index in [-0.39, 0.29) is 17.6 Å². The Labute approximate surface area is 123 Å². The van der Waals surface area contributed by atoms with Gasteiger partial charge >= 0.3 is 5.97 Å². The lowest BCUT2D eigenvalue weighted by Crippen LogP contribution is -2.25. The Balaban J connectivity index is 2.40. The monoisotopic (exact) mass is 288 g/mol. The van der Waals surface area contributed by atoms with Crippen molar-refractivity contribution in [3.8, 4) is 0 Å². The van der Waals surface area contributed by atoms with Gasteiger partial charge in [0, 0.05) is 24.7 Å². The minimum atomic E-state index is -1.00. The molecule has 0 amide bonds. The Morgan fingerprint density at radius 3 is 2.71 bits per heavy atom. The number of pyridine rings is 1. The summed E-state index contributed by atoms with van der Waals surface area (Å²) in [4.78, 5) is 15.6. The molecule has 5 heteroatoms. The predicted molar refractivity (Wildman–Crippen MR) is 82.7 cm³/mol. The number of aromatic carboxylic acids is 1. The van der Waals surface area contributed by atoms with E-state index < -0.39 is 5.97 Å². The van der Waals surface area contributed by atoms with Gasteiger partial charge in [-0.1, -0.05) is 32.0 Å². The first-order valence-electron chi connectivity index (χ1n) is 6.90. The van der Waals surface area contributed by atoms with E-state index in [1.54, 1.807) is 0 Å². The second-order valence-electron chi connectivity index (χ2n) is 5.86. The van der Waals surface area contributed by atoms with Crippen LogP contribution in [0.2, 0.25) is 0 Å². The largest absolute Gasteiger partial charge is 0.478 e. The molecule has 1 aromatic heterocycles. The van der Waals surface area contributed by atoms with Crippen LogP contribution in [0.25, 0.3) is 10.9 Å². The van der Waals surface area contributed by atoms with Crippen LogP contribution in [-0.4, -0.2) is 34.3 Å². The molecule has 0 aliphatic heterocycles. The van der Waals surface area contributed by atoms with Gasteiger partial charge in [-0.3, -0.25) is 4.98 Å². The number of aromatic nitrogens is 1. The van der Waals surface area contributed by atoms with Gasteiger partial charge < -0.3 is 15.5 Å². The minimum absolute atomic E-state index is 0.109. The van der Waals surface area contributed by atoms with Crippen molar-refractivity contribution < 1.29 is 15.0 Å². The lowest BCUT2D eigenvalue weighted by molar-refractivity contribution is 0.0697. The van der Waals surface area contributed by atoms with Crippen LogP contribution in [0, 0.1) is 5.41 Å². The molecule has 0 aliphatic carbocycles. The molecule has 2 aromatic rings. The normalized spacial score (nSPS) is 11.6. The van der Waals surface area contributed by atoms with Crippen molar-refractivity contribution in [1.82, 2.24) is 4.98 Å². The van der Waals surface area contributed by atoms with Crippen molar-refractivity contribution in [3.05, 3.63) is 36.0 Å². The highest BCUT2D eigenvalue weighted by Gasteiger charge is 2.20. The van der Waals surface area contributed by atoms with Crippen LogP contribution in [0.15, 0.2) is 30.5 Å². The number of aliphatic hydroxyl groups excluding tert-OH is 1. The number of nitrogens with zero attached hydrogens (tertiary/aromatic N) is 1. The number of carbonyl (C=O) groups is 1. The molecule has 0 atom stereocenters. The zero-order valence-electron chi connectivity index (χ0n) is 12.3. The van der Waals surface area contributed by atoms with E-state index in [1.165, 1.54) is 6.20 Å². The van der Waals surface area contributed by atoms with Gasteiger partial charge in [-0.05, 0) is 17.9 Å². The van der Waals surface area contributed by atoms with E-state index in [2.05, 4.69) is 10.3 Å². The molecule has 1 aromatic carbocycles. The Bertz CT molecular complexity index is 653. The maximum absolute atomic E-state index is 11.4. The van der Waals surface area contributed by atoms with E-state index in [1.807, 2.05) is 38.1 Å². The Morgan fingerprint density at radius 2 is 2.05 bits per heavy atom. The van der Waals surface area contributed by atoms with Crippen molar-refractivity contribution >= 4 is 22.6 Å². The number of rotatable bonds is 6. The van der Waals surface area contributed by atoms with Gasteiger partial charge in [0.15, 0.2) is 0 Å². The third kappa shape index (κ3) is 3.49. The average Bonchev–Trinajstić information content (AvgIpc) is 2.44. The number of carboxylic acids is 1. The molecule has 0 bridgehead atoms. The van der Waals surface area contributed by atoms with Crippen molar-refractivity contribution in [2.24, 2.45) is 5.41 Å². The van der Waals surface area contributed by atoms with E-state index in [9.17, 15) is 9.90 Å². The van der Waals surface area contributed by atoms with Crippen molar-refractivity contribution in [1.29, 1.82) is 0 Å². The number of nitrogens with one attached hydrogen (secondary N) is 1. The summed E-state index contributed by atoms with van der Waals surface area (Å²) >= 11 is 0. The van der Waals surface area contributed by atoms with Gasteiger partial charge in [-0.2, -0.15) is 0 Å². The summed E-state index contributed by atoms with van der Waals surface area (Å²) in [7, 11) is 0. The van der Waals surface area contributed by atoms with Crippen LogP contribution in [0.3, 0.4) is 0 Å². The summed E-state index contributed by atoms with van der Waals surface area (Å²) in [5.74, 6) is -1.00. The number of fused-ring (bicyclic) bond motifs is 1. The molecule has 0 fully saturated rings. The molecule has 2 rings (SSSR count). The summed E-state index contributed by atoms with van der Waals surface area (Å²) in [5, 5.41) is 22.4. The molecule has 0 unspecified atom stereocenters. The van der Waals surface area contributed by atoms with Crippen molar-refractivity contribution in [3.63, 3.8) is 0 Å². The van der Waals surface area contributed by atoms with Gasteiger partial charge in [-0.25, -0.2) is 4.79 Å². The quantitative estimate of drug-likeness (QED) is 0.761. The zero-order chi connectivity index (χ0) is 15.5. The fourth-order valence-electron chi connectivity index (χ4n) is 2.21. The highest BCUT2D eigenvalue weighted by Crippen LogP contribution is 2.28. The highest BCUT2D eigenvalue weighted by molar-refractivity contribution is 6.04. The first-order chi connectivity index (χ1) is 9.94. The van der Waals surface area contributed by atoms with Crippen LogP contribution in [0.1, 0.15) is 30.6 Å². The number of anilines is 1. The van der Waals surface area contributed by atoms with Crippen LogP contribution in [-0.2, 0) is 0 Å². The van der Waals surface area contributed by atoms with E-state index >= 15 is 0 Å². The van der Waals surface area contributed by atoms with Gasteiger partial charge in [0.05, 0.1) is 11.2 Å². The molecule has 21 heavy (non-hydrogen) atoms. The van der Waals surface area contributed by atoms with Crippen LogP contribution < -0.4 is 5.32 Å². The molecular weight excluding hydrogens is 268 g/mol. The molecule has 0 aliphatic rings. The number of hydrogen-bond acceptors (Lipinski definition) is 4. The summed E-state index contributed by atoms with van der Waals surface area (Å²) < 4.78 is 0. The first-order valence-corrected chi connectivity index (χ1v) is 6.90. The second kappa shape index (κ2) is 6.10. The maximum atomic E-state index is 11.4. The lowest BCUT2D eigenvalue weighted by Gasteiger charge is -2.25. The van der Waals surface area contributed by atoms with Gasteiger partial charge in [0.2, 0.25) is 0 Å². The van der Waals surface area contributed by atoms with Crippen molar-refractivity contribution in [2.45, 2.75) is 20.3 Å². The molecule has 3 N–H and O–H groups in total. The molecule has 1 heterocycles. The molecule has 5 nitrogen and oxygen atoms in total. The average molecular weight is 288 g/mol. The van der Waals surface area contributed by atoms with Crippen LogP contribution in [0.4, 0.5) is 5.69 Å². The van der Waals surface area contributed by atoms with E-state index in [0.717, 1.165) is 10.9 Å². The number of benzene rings is 1. The smallest absolute Gasteiger partial charge is 0.339 e. The lowest BCUT2D eigenvalue weighted by atomic mass is 9.89. The SMILES string of the molecule is CC(C)(CCO)CNc1c(C(=O)O)cnc2ccccc12. The Hall–Kier alpha value is -2.14. The van der Waals surface area contributed by atoms with Gasteiger partial charge in [0.25, 0.3) is 0 Å². The standard InChI is InChI=1S/C16H20N2O3/c1-16(2,7-8-19)10-18-14-11-5-3-4-6-13(11)17-9-12(14)15(20)21/h3-6,9,19H,7-8,10H2,1-2H3,(H,17,18)(H,20,21). The first kappa shape index (κ1) is 15.3. The van der Waals surface area contributed by atoms with Crippen LogP contribution in [0.5, 0.6) is 0 Å². The van der Waals surface area contributed by atoms with Crippen LogP contribution >= 0.6 is 0 Å². The fraction of sp³-hybridized carbons (Fsp3) is 0.375. The zero-order valence-corrected chi connectivity index (χ0v) is 12.3. The molecule has 0 saturated carbocycles. The van der Waals surface area contributed by atoms with Gasteiger partial charge in [0.1, 0.15) is 5.56 Å². The molecule has 0 saturated heterocycles. The number of carboxylic acid groups (broad SMARTS) is 1. The van der Waals surface area contributed by atoms with E-state index in [4.69, 9.17) is 5.11 Å². The summed E-state index contributed by atoms with van der Waals surface area (Å²) in [6.07, 6.45) is 2.03. The maximum Gasteiger partial charge on any atom is 0.339 e. The molecule has 112 valence electrons. The third-order valence-corrected chi connectivity index (χ3v) is 3.54. The number of aliphatic hydroxyl groups is 1. The predicted octanol–water partition coefficient (Wildman–Crippen LogP) is 2.75. The summed E-state index contributed by atoms with van der Waals surface area (Å²) in [6.45, 7) is 4.74.